The Morgan fingerprint density at radius 1 is 0.750 bits per heavy atom. The van der Waals surface area contributed by atoms with Gasteiger partial charge in [0.25, 0.3) is 0 Å². The van der Waals surface area contributed by atoms with Crippen LogP contribution in [0.3, 0.4) is 0 Å². The highest BCUT2D eigenvalue weighted by atomic mass is 19.4. The van der Waals surface area contributed by atoms with Crippen molar-refractivity contribution >= 4 is 0 Å². The highest BCUT2D eigenvalue weighted by Crippen LogP contribution is 2.48. The van der Waals surface area contributed by atoms with Crippen molar-refractivity contribution in [2.75, 3.05) is 19.8 Å². The number of ether oxygens (including phenoxy) is 2. The average Bonchev–Trinajstić information content (AvgIpc) is 3.11. The van der Waals surface area contributed by atoms with Crippen LogP contribution in [0.25, 0.3) is 0 Å². The van der Waals surface area contributed by atoms with Gasteiger partial charge in [-0.15, -0.1) is 0 Å². The molecule has 1 saturated heterocycles. The van der Waals surface area contributed by atoms with Gasteiger partial charge in [0.15, 0.2) is 0 Å². The third kappa shape index (κ3) is 8.84. The fourth-order valence-electron chi connectivity index (χ4n) is 3.14. The first-order chi connectivity index (χ1) is 13.1. The number of unbranched alkanes of at least 4 members (excludes halogenated alkanes) is 8. The van der Waals surface area contributed by atoms with Gasteiger partial charge in [-0.05, 0) is 25.7 Å². The Kier molecular flexibility index (Phi) is 11.1. The zero-order valence-electron chi connectivity index (χ0n) is 16.1. The van der Waals surface area contributed by atoms with Gasteiger partial charge in [0, 0.05) is 19.6 Å². The van der Waals surface area contributed by atoms with E-state index >= 15 is 0 Å². The van der Waals surface area contributed by atoms with E-state index in [1.165, 1.54) is 0 Å². The van der Waals surface area contributed by atoms with Crippen LogP contribution in [0, 0.1) is 0 Å². The summed E-state index contributed by atoms with van der Waals surface area (Å²) in [6.07, 6.45) is 0.796. The summed E-state index contributed by atoms with van der Waals surface area (Å²) in [5.41, 5.74) is 0. The maximum absolute atomic E-state index is 13.1. The SMILES string of the molecule is FC(F)(F)C(F)(F)C(F)(F)CCCCCCCCCCCOCC1CCCO1. The zero-order valence-corrected chi connectivity index (χ0v) is 16.1. The van der Waals surface area contributed by atoms with Gasteiger partial charge in [0.1, 0.15) is 0 Å². The predicted molar refractivity (Wildman–Crippen MR) is 91.9 cm³/mol. The minimum atomic E-state index is -6.23. The van der Waals surface area contributed by atoms with Crippen molar-refractivity contribution in [2.45, 2.75) is 101 Å². The van der Waals surface area contributed by atoms with Gasteiger partial charge in [0.05, 0.1) is 12.7 Å². The summed E-state index contributed by atoms with van der Waals surface area (Å²) in [4.78, 5) is 0. The molecule has 168 valence electrons. The van der Waals surface area contributed by atoms with Crippen LogP contribution in [0.15, 0.2) is 0 Å². The molecule has 1 heterocycles. The van der Waals surface area contributed by atoms with E-state index in [2.05, 4.69) is 0 Å². The molecule has 0 amide bonds. The molecule has 0 spiro atoms. The molecule has 0 saturated carbocycles. The molecule has 0 N–H and O–H groups in total. The lowest BCUT2D eigenvalue weighted by molar-refractivity contribution is -0.355. The Hall–Kier alpha value is -0.570. The smallest absolute Gasteiger partial charge is 0.379 e. The van der Waals surface area contributed by atoms with Gasteiger partial charge in [-0.25, -0.2) is 0 Å². The molecule has 0 aromatic carbocycles. The number of halogens is 7. The van der Waals surface area contributed by atoms with Crippen LogP contribution in [0.4, 0.5) is 30.7 Å². The third-order valence-corrected chi connectivity index (χ3v) is 4.92. The van der Waals surface area contributed by atoms with Crippen molar-refractivity contribution in [3.05, 3.63) is 0 Å². The molecule has 9 heteroatoms. The molecule has 1 aliphatic rings. The maximum atomic E-state index is 13.1. The largest absolute Gasteiger partial charge is 0.459 e. The molecule has 28 heavy (non-hydrogen) atoms. The summed E-state index contributed by atoms with van der Waals surface area (Å²) in [5.74, 6) is -11.0. The first kappa shape index (κ1) is 25.5. The fraction of sp³-hybridized carbons (Fsp3) is 1.00. The zero-order chi connectivity index (χ0) is 21.1. The van der Waals surface area contributed by atoms with E-state index in [0.717, 1.165) is 58.0 Å². The van der Waals surface area contributed by atoms with Gasteiger partial charge in [-0.2, -0.15) is 30.7 Å². The third-order valence-electron chi connectivity index (χ3n) is 4.92. The summed E-state index contributed by atoms with van der Waals surface area (Å²) in [6, 6.07) is 0. The van der Waals surface area contributed by atoms with Crippen molar-refractivity contribution in [1.29, 1.82) is 0 Å². The molecule has 1 atom stereocenters. The van der Waals surface area contributed by atoms with Gasteiger partial charge in [-0.3, -0.25) is 0 Å². The highest BCUT2D eigenvalue weighted by Gasteiger charge is 2.72. The molecule has 0 aromatic heterocycles. The van der Waals surface area contributed by atoms with Crippen LogP contribution < -0.4 is 0 Å². The van der Waals surface area contributed by atoms with Crippen molar-refractivity contribution in [1.82, 2.24) is 0 Å². The van der Waals surface area contributed by atoms with Gasteiger partial charge >= 0.3 is 18.0 Å². The molecule has 0 aliphatic carbocycles. The predicted octanol–water partition coefficient (Wildman–Crippen LogP) is 6.92. The molecule has 0 bridgehead atoms. The van der Waals surface area contributed by atoms with E-state index in [4.69, 9.17) is 9.47 Å². The minimum absolute atomic E-state index is 0.223. The molecule has 2 nitrogen and oxygen atoms in total. The summed E-state index contributed by atoms with van der Waals surface area (Å²) in [5, 5.41) is 0. The highest BCUT2D eigenvalue weighted by molar-refractivity contribution is 4.90. The molecule has 1 rings (SSSR count). The van der Waals surface area contributed by atoms with E-state index in [9.17, 15) is 30.7 Å². The summed E-state index contributed by atoms with van der Waals surface area (Å²) >= 11 is 0. The van der Waals surface area contributed by atoms with E-state index in [0.29, 0.717) is 19.6 Å². The van der Waals surface area contributed by atoms with Crippen LogP contribution >= 0.6 is 0 Å². The van der Waals surface area contributed by atoms with Crippen molar-refractivity contribution < 1.29 is 40.2 Å². The number of rotatable bonds is 15. The molecular formula is C19H31F7O2. The maximum Gasteiger partial charge on any atom is 0.459 e. The molecule has 0 aromatic rings. The van der Waals surface area contributed by atoms with Crippen molar-refractivity contribution in [3.8, 4) is 0 Å². The topological polar surface area (TPSA) is 18.5 Å². The van der Waals surface area contributed by atoms with Crippen molar-refractivity contribution in [3.63, 3.8) is 0 Å². The normalized spacial score (nSPS) is 18.8. The fourth-order valence-corrected chi connectivity index (χ4v) is 3.14. The van der Waals surface area contributed by atoms with E-state index < -0.39 is 24.4 Å². The molecule has 1 fully saturated rings. The van der Waals surface area contributed by atoms with Crippen molar-refractivity contribution in [2.24, 2.45) is 0 Å². The first-order valence-corrected chi connectivity index (χ1v) is 10.1. The van der Waals surface area contributed by atoms with Crippen LogP contribution in [-0.2, 0) is 9.47 Å². The second-order valence-corrected chi connectivity index (χ2v) is 7.42. The second kappa shape index (κ2) is 12.2. The quantitative estimate of drug-likeness (QED) is 0.210. The Morgan fingerprint density at radius 3 is 1.79 bits per heavy atom. The van der Waals surface area contributed by atoms with Gasteiger partial charge < -0.3 is 9.47 Å². The molecule has 1 aliphatic heterocycles. The number of alkyl halides is 7. The van der Waals surface area contributed by atoms with Crippen LogP contribution in [0.2, 0.25) is 0 Å². The summed E-state index contributed by atoms with van der Waals surface area (Å²) in [7, 11) is 0. The Morgan fingerprint density at radius 2 is 1.29 bits per heavy atom. The molecular weight excluding hydrogens is 393 g/mol. The monoisotopic (exact) mass is 424 g/mol. The molecule has 0 radical (unpaired) electrons. The van der Waals surface area contributed by atoms with Crippen LogP contribution in [0.5, 0.6) is 0 Å². The lowest BCUT2D eigenvalue weighted by Gasteiger charge is -2.28. The Bertz CT molecular complexity index is 408. The Labute approximate surface area is 162 Å². The number of hydrogen-bond donors (Lipinski definition) is 0. The molecule has 1 unspecified atom stereocenters. The Balaban J connectivity index is 1.91. The minimum Gasteiger partial charge on any atom is -0.379 e. The van der Waals surface area contributed by atoms with E-state index in [1.54, 1.807) is 0 Å². The van der Waals surface area contributed by atoms with Gasteiger partial charge in [-0.1, -0.05) is 44.9 Å². The lowest BCUT2D eigenvalue weighted by Crippen LogP contribution is -2.51. The standard InChI is InChI=1S/C19H31F7O2/c20-17(21,18(22,23)19(24,25)26)12-8-6-4-2-1-3-5-7-9-13-27-15-16-11-10-14-28-16/h16H,1-15H2. The van der Waals surface area contributed by atoms with Gasteiger partial charge in [0.2, 0.25) is 0 Å². The van der Waals surface area contributed by atoms with E-state index in [1.807, 2.05) is 0 Å². The average molecular weight is 424 g/mol. The lowest BCUT2D eigenvalue weighted by atomic mass is 10.0. The van der Waals surface area contributed by atoms with Crippen LogP contribution in [0.1, 0.15) is 77.0 Å². The summed E-state index contributed by atoms with van der Waals surface area (Å²) < 4.78 is 98.7. The number of hydrogen-bond acceptors (Lipinski definition) is 2. The van der Waals surface area contributed by atoms with Crippen LogP contribution in [-0.4, -0.2) is 43.9 Å². The first-order valence-electron chi connectivity index (χ1n) is 10.1. The summed E-state index contributed by atoms with van der Waals surface area (Å²) in [6.45, 7) is 2.17. The van der Waals surface area contributed by atoms with E-state index in [-0.39, 0.29) is 18.9 Å². The second-order valence-electron chi connectivity index (χ2n) is 7.42.